The molecule has 0 saturated carbocycles. The molecule has 194 valence electrons. The highest BCUT2D eigenvalue weighted by atomic mass is 16.6. The van der Waals surface area contributed by atoms with E-state index in [1.165, 1.54) is 18.9 Å². The lowest BCUT2D eigenvalue weighted by Crippen LogP contribution is -2.24. The summed E-state index contributed by atoms with van der Waals surface area (Å²) >= 11 is 0. The van der Waals surface area contributed by atoms with Crippen molar-refractivity contribution in [3.05, 3.63) is 83.4 Å². The molecule has 0 unspecified atom stereocenters. The molecule has 8 heteroatoms. The van der Waals surface area contributed by atoms with E-state index in [0.29, 0.717) is 35.0 Å². The molecule has 3 aromatic rings. The van der Waals surface area contributed by atoms with Crippen LogP contribution in [0.2, 0.25) is 0 Å². The van der Waals surface area contributed by atoms with Gasteiger partial charge in [-0.2, -0.15) is 5.10 Å². The summed E-state index contributed by atoms with van der Waals surface area (Å²) in [6.45, 7) is 4.64. The van der Waals surface area contributed by atoms with Crippen LogP contribution in [0.5, 0.6) is 23.0 Å². The summed E-state index contributed by atoms with van der Waals surface area (Å²) in [6.07, 6.45) is 4.42. The molecule has 0 aromatic heterocycles. The van der Waals surface area contributed by atoms with Crippen molar-refractivity contribution in [2.24, 2.45) is 5.10 Å². The minimum Gasteiger partial charge on any atom is -0.494 e. The molecule has 37 heavy (non-hydrogen) atoms. The van der Waals surface area contributed by atoms with Crippen LogP contribution in [0, 0.1) is 0 Å². The number of carbonyl (C=O) groups excluding carboxylic acids is 2. The first-order valence-electron chi connectivity index (χ1n) is 12.2. The zero-order chi connectivity index (χ0) is 26.5. The predicted octanol–water partition coefficient (Wildman–Crippen LogP) is 5.18. The van der Waals surface area contributed by atoms with Crippen LogP contribution in [0.3, 0.4) is 0 Å². The number of hydrogen-bond donors (Lipinski definition) is 1. The minimum absolute atomic E-state index is 0.160. The Bertz CT molecular complexity index is 1190. The Morgan fingerprint density at radius 1 is 0.892 bits per heavy atom. The maximum absolute atomic E-state index is 12.6. The van der Waals surface area contributed by atoms with Gasteiger partial charge in [0.15, 0.2) is 18.1 Å². The van der Waals surface area contributed by atoms with Crippen LogP contribution in [0.4, 0.5) is 0 Å². The van der Waals surface area contributed by atoms with E-state index in [1.54, 1.807) is 42.5 Å². The maximum Gasteiger partial charge on any atom is 0.343 e. The van der Waals surface area contributed by atoms with Crippen LogP contribution in [0.25, 0.3) is 0 Å². The van der Waals surface area contributed by atoms with Crippen molar-refractivity contribution in [2.75, 3.05) is 20.3 Å². The third-order valence-electron chi connectivity index (χ3n) is 5.35. The van der Waals surface area contributed by atoms with E-state index in [0.717, 1.165) is 19.3 Å². The summed E-state index contributed by atoms with van der Waals surface area (Å²) in [5.74, 6) is 1.02. The molecule has 8 nitrogen and oxygen atoms in total. The number of esters is 1. The molecular weight excluding hydrogens is 472 g/mol. The average molecular weight is 505 g/mol. The Balaban J connectivity index is 1.51. The molecule has 1 amide bonds. The summed E-state index contributed by atoms with van der Waals surface area (Å²) in [4.78, 5) is 24.6. The van der Waals surface area contributed by atoms with E-state index in [-0.39, 0.29) is 12.4 Å². The van der Waals surface area contributed by atoms with Crippen LogP contribution < -0.4 is 24.4 Å². The monoisotopic (exact) mass is 504 g/mol. The molecule has 0 aliphatic rings. The highest BCUT2D eigenvalue weighted by Gasteiger charge is 2.13. The highest BCUT2D eigenvalue weighted by molar-refractivity contribution is 5.92. The second-order valence-electron chi connectivity index (χ2n) is 8.11. The molecule has 0 saturated heterocycles. The molecule has 3 rings (SSSR count). The fourth-order valence-corrected chi connectivity index (χ4v) is 3.21. The zero-order valence-electron chi connectivity index (χ0n) is 21.4. The highest BCUT2D eigenvalue weighted by Crippen LogP contribution is 2.28. The number of rotatable bonds is 13. The third kappa shape index (κ3) is 8.68. The number of aryl methyl sites for hydroxylation is 1. The zero-order valence-corrected chi connectivity index (χ0v) is 21.4. The van der Waals surface area contributed by atoms with Crippen LogP contribution in [-0.4, -0.2) is 38.4 Å². The number of methoxy groups -OCH3 is 1. The van der Waals surface area contributed by atoms with E-state index in [1.807, 2.05) is 24.3 Å². The molecule has 0 fully saturated rings. The minimum atomic E-state index is -0.517. The van der Waals surface area contributed by atoms with E-state index < -0.39 is 11.9 Å². The predicted molar refractivity (Wildman–Crippen MR) is 142 cm³/mol. The summed E-state index contributed by atoms with van der Waals surface area (Å²) in [5, 5.41) is 3.95. The van der Waals surface area contributed by atoms with Crippen molar-refractivity contribution in [2.45, 2.75) is 33.1 Å². The molecule has 0 heterocycles. The van der Waals surface area contributed by atoms with Gasteiger partial charge in [-0.15, -0.1) is 0 Å². The number of ether oxygens (including phenoxy) is 4. The number of amides is 1. The lowest BCUT2D eigenvalue weighted by atomic mass is 10.2. The van der Waals surface area contributed by atoms with Crippen molar-refractivity contribution >= 4 is 18.1 Å². The Morgan fingerprint density at radius 2 is 1.59 bits per heavy atom. The van der Waals surface area contributed by atoms with Gasteiger partial charge in [0.25, 0.3) is 5.91 Å². The molecule has 0 bridgehead atoms. The average Bonchev–Trinajstić information content (AvgIpc) is 2.93. The third-order valence-corrected chi connectivity index (χ3v) is 5.35. The molecule has 0 aliphatic heterocycles. The second kappa shape index (κ2) is 14.3. The van der Waals surface area contributed by atoms with E-state index >= 15 is 0 Å². The SMILES string of the molecule is CCCCOc1ccc(C(=O)Oc2ccc(/C=N\NC(=O)COc3ccc(CC)cc3)cc2OC)cc1. The number of hydrazone groups is 1. The Kier molecular flexibility index (Phi) is 10.5. The van der Waals surface area contributed by atoms with Gasteiger partial charge in [0.2, 0.25) is 0 Å². The molecule has 3 aromatic carbocycles. The number of nitrogens with zero attached hydrogens (tertiary/aromatic N) is 1. The van der Waals surface area contributed by atoms with E-state index in [4.69, 9.17) is 18.9 Å². The quantitative estimate of drug-likeness (QED) is 0.113. The van der Waals surface area contributed by atoms with Gasteiger partial charge in [0.1, 0.15) is 11.5 Å². The topological polar surface area (TPSA) is 95.5 Å². The first-order chi connectivity index (χ1) is 18.0. The summed E-state index contributed by atoms with van der Waals surface area (Å²) in [7, 11) is 1.47. The Labute approximate surface area is 217 Å². The standard InChI is InChI=1S/C29H32N2O6/c1-4-6-17-35-24-14-10-23(11-15-24)29(33)37-26-16-9-22(18-27(26)34-3)19-30-31-28(32)20-36-25-12-7-21(5-2)8-13-25/h7-16,18-19H,4-6,17,20H2,1-3H3,(H,31,32)/b30-19-. The molecule has 0 radical (unpaired) electrons. The molecule has 0 spiro atoms. The molecule has 1 N–H and O–H groups in total. The summed E-state index contributed by atoms with van der Waals surface area (Å²) in [5.41, 5.74) is 4.64. The second-order valence-corrected chi connectivity index (χ2v) is 8.11. The lowest BCUT2D eigenvalue weighted by molar-refractivity contribution is -0.123. The number of carbonyl (C=O) groups is 2. The van der Waals surface area contributed by atoms with Crippen molar-refractivity contribution < 1.29 is 28.5 Å². The first kappa shape index (κ1) is 27.3. The van der Waals surface area contributed by atoms with Gasteiger partial charge in [-0.1, -0.05) is 32.4 Å². The largest absolute Gasteiger partial charge is 0.494 e. The van der Waals surface area contributed by atoms with Crippen molar-refractivity contribution in [3.63, 3.8) is 0 Å². The first-order valence-corrected chi connectivity index (χ1v) is 12.2. The van der Waals surface area contributed by atoms with E-state index in [2.05, 4.69) is 24.4 Å². The number of nitrogens with one attached hydrogen (secondary N) is 1. The van der Waals surface area contributed by atoms with Gasteiger partial charge in [-0.25, -0.2) is 10.2 Å². The number of hydrogen-bond acceptors (Lipinski definition) is 7. The Morgan fingerprint density at radius 3 is 2.27 bits per heavy atom. The number of benzene rings is 3. The summed E-state index contributed by atoms with van der Waals surface area (Å²) in [6, 6.07) is 19.3. The van der Waals surface area contributed by atoms with Gasteiger partial charge >= 0.3 is 5.97 Å². The Hall–Kier alpha value is -4.33. The smallest absolute Gasteiger partial charge is 0.343 e. The fraction of sp³-hybridized carbons (Fsp3) is 0.276. The molecule has 0 aliphatic carbocycles. The summed E-state index contributed by atoms with van der Waals surface area (Å²) < 4.78 is 22.0. The van der Waals surface area contributed by atoms with E-state index in [9.17, 15) is 9.59 Å². The van der Waals surface area contributed by atoms with Gasteiger partial charge in [-0.3, -0.25) is 4.79 Å². The van der Waals surface area contributed by atoms with Gasteiger partial charge in [-0.05, 0) is 78.6 Å². The fourth-order valence-electron chi connectivity index (χ4n) is 3.21. The van der Waals surface area contributed by atoms with Crippen LogP contribution in [0.15, 0.2) is 71.8 Å². The van der Waals surface area contributed by atoms with Crippen molar-refractivity contribution in [1.29, 1.82) is 0 Å². The van der Waals surface area contributed by atoms with Crippen LogP contribution in [0.1, 0.15) is 48.2 Å². The van der Waals surface area contributed by atoms with Crippen molar-refractivity contribution in [1.82, 2.24) is 5.43 Å². The molecule has 0 atom stereocenters. The number of unbranched alkanes of at least 4 members (excludes halogenated alkanes) is 1. The maximum atomic E-state index is 12.6. The molecular formula is C29H32N2O6. The van der Waals surface area contributed by atoms with Gasteiger partial charge in [0.05, 0.1) is 25.5 Å². The van der Waals surface area contributed by atoms with Crippen LogP contribution >= 0.6 is 0 Å². The lowest BCUT2D eigenvalue weighted by Gasteiger charge is -2.10. The van der Waals surface area contributed by atoms with Gasteiger partial charge in [0, 0.05) is 0 Å². The normalized spacial score (nSPS) is 10.7. The van der Waals surface area contributed by atoms with Crippen LogP contribution in [-0.2, 0) is 11.2 Å². The van der Waals surface area contributed by atoms with Crippen molar-refractivity contribution in [3.8, 4) is 23.0 Å². The van der Waals surface area contributed by atoms with Gasteiger partial charge < -0.3 is 18.9 Å².